The lowest BCUT2D eigenvalue weighted by Gasteiger charge is -1.99. The molecule has 0 atom stereocenters. The van der Waals surface area contributed by atoms with Crippen molar-refractivity contribution in [1.82, 2.24) is 4.98 Å². The van der Waals surface area contributed by atoms with Crippen LogP contribution in [0.2, 0.25) is 0 Å². The largest absolute Gasteiger partial charge is 0.505 e. The number of hydrogen-bond donors (Lipinski definition) is 1. The van der Waals surface area contributed by atoms with Crippen LogP contribution in [-0.4, -0.2) is 10.1 Å². The summed E-state index contributed by atoms with van der Waals surface area (Å²) in [5.74, 6) is 0.237. The maximum atomic E-state index is 9.13. The highest BCUT2D eigenvalue weighted by Gasteiger charge is 2.02. The van der Waals surface area contributed by atoms with E-state index in [1.807, 2.05) is 29.5 Å². The van der Waals surface area contributed by atoms with E-state index in [2.05, 4.69) is 20.9 Å². The Morgan fingerprint density at radius 1 is 1.70 bits per heavy atom. The van der Waals surface area contributed by atoms with Crippen LogP contribution in [0.4, 0.5) is 0 Å². The van der Waals surface area contributed by atoms with Crippen LogP contribution in [0.1, 0.15) is 5.56 Å². The van der Waals surface area contributed by atoms with E-state index < -0.39 is 0 Å². The number of aromatic hydroxyl groups is 1. The molecule has 0 aromatic carbocycles. The van der Waals surface area contributed by atoms with Gasteiger partial charge in [-0.25, -0.2) is 4.98 Å². The monoisotopic (exact) mass is 313 g/mol. The van der Waals surface area contributed by atoms with Gasteiger partial charge in [-0.1, -0.05) is 0 Å². The highest BCUT2D eigenvalue weighted by molar-refractivity contribution is 14.1. The van der Waals surface area contributed by atoms with E-state index in [1.54, 1.807) is 6.07 Å². The zero-order chi connectivity index (χ0) is 7.72. The van der Waals surface area contributed by atoms with E-state index in [4.69, 9.17) is 5.11 Å². The first-order valence-corrected chi connectivity index (χ1v) is 4.50. The molecule has 0 aliphatic rings. The molecule has 0 saturated heterocycles. The van der Waals surface area contributed by atoms with Crippen molar-refractivity contribution in [1.29, 1.82) is 0 Å². The van der Waals surface area contributed by atoms with Gasteiger partial charge in [-0.2, -0.15) is 0 Å². The highest BCUT2D eigenvalue weighted by Crippen LogP contribution is 2.22. The second-order valence-electron chi connectivity index (χ2n) is 1.91. The number of aromatic nitrogens is 1. The summed E-state index contributed by atoms with van der Waals surface area (Å²) in [6.07, 6.45) is 0. The van der Waals surface area contributed by atoms with Crippen LogP contribution in [0.25, 0.3) is 0 Å². The fourth-order valence-electron chi connectivity index (χ4n) is 0.556. The molecule has 0 saturated carbocycles. The number of aryl methyl sites for hydroxylation is 1. The fraction of sp³-hybridized carbons (Fsp3) is 0.167. The van der Waals surface area contributed by atoms with Crippen LogP contribution in [0.3, 0.4) is 0 Å². The van der Waals surface area contributed by atoms with Crippen LogP contribution >= 0.6 is 38.5 Å². The predicted octanol–water partition coefficient (Wildman–Crippen LogP) is 2.46. The number of rotatable bonds is 0. The quantitative estimate of drug-likeness (QED) is 0.589. The van der Waals surface area contributed by atoms with Crippen molar-refractivity contribution in [3.05, 3.63) is 19.9 Å². The molecule has 1 rings (SSSR count). The van der Waals surface area contributed by atoms with Gasteiger partial charge in [0.25, 0.3) is 0 Å². The average Bonchev–Trinajstić information content (AvgIpc) is 1.84. The van der Waals surface area contributed by atoms with Gasteiger partial charge in [0.2, 0.25) is 0 Å². The Balaban J connectivity index is 3.28. The first kappa shape index (κ1) is 8.26. The highest BCUT2D eigenvalue weighted by atomic mass is 127. The Bertz CT molecular complexity index is 214. The lowest BCUT2D eigenvalue weighted by Crippen LogP contribution is -1.85. The maximum Gasteiger partial charge on any atom is 0.147 e. The number of nitrogens with zero attached hydrogens (tertiary/aromatic N) is 1. The summed E-state index contributed by atoms with van der Waals surface area (Å²) in [5, 5.41) is 9.13. The third-order valence-corrected chi connectivity index (χ3v) is 2.68. The zero-order valence-electron chi connectivity index (χ0n) is 5.23. The van der Waals surface area contributed by atoms with Crippen molar-refractivity contribution in [2.45, 2.75) is 6.92 Å². The summed E-state index contributed by atoms with van der Waals surface area (Å²) < 4.78 is 1.41. The first-order valence-electron chi connectivity index (χ1n) is 2.63. The van der Waals surface area contributed by atoms with E-state index in [0.29, 0.717) is 3.70 Å². The van der Waals surface area contributed by atoms with Crippen LogP contribution in [0.15, 0.2) is 10.7 Å². The second-order valence-corrected chi connectivity index (χ2v) is 3.68. The molecule has 0 fully saturated rings. The van der Waals surface area contributed by atoms with Crippen LogP contribution in [-0.2, 0) is 0 Å². The van der Waals surface area contributed by atoms with E-state index in [0.717, 1.165) is 10.2 Å². The van der Waals surface area contributed by atoms with Gasteiger partial charge in [-0.15, -0.1) is 0 Å². The molecule has 0 spiro atoms. The smallest absolute Gasteiger partial charge is 0.147 e. The molecule has 0 aliphatic heterocycles. The van der Waals surface area contributed by atoms with Crippen molar-refractivity contribution in [2.24, 2.45) is 0 Å². The number of pyridine rings is 1. The molecule has 1 N–H and O–H groups in total. The zero-order valence-corrected chi connectivity index (χ0v) is 8.97. The van der Waals surface area contributed by atoms with Crippen LogP contribution in [0, 0.1) is 10.6 Å². The van der Waals surface area contributed by atoms with Gasteiger partial charge in [-0.3, -0.25) is 0 Å². The molecule has 10 heavy (non-hydrogen) atoms. The average molecular weight is 314 g/mol. The van der Waals surface area contributed by atoms with Crippen molar-refractivity contribution < 1.29 is 5.11 Å². The Morgan fingerprint density at radius 3 is 2.80 bits per heavy atom. The van der Waals surface area contributed by atoms with Crippen LogP contribution < -0.4 is 0 Å². The molecule has 1 aromatic rings. The van der Waals surface area contributed by atoms with Crippen LogP contribution in [0.5, 0.6) is 5.75 Å². The molecular weight excluding hydrogens is 309 g/mol. The molecular formula is C6H5BrINO. The lowest BCUT2D eigenvalue weighted by molar-refractivity contribution is 0.467. The third-order valence-electron chi connectivity index (χ3n) is 1.09. The molecule has 54 valence electrons. The molecule has 0 aliphatic carbocycles. The summed E-state index contributed by atoms with van der Waals surface area (Å²) in [4.78, 5) is 4.03. The van der Waals surface area contributed by atoms with E-state index in [-0.39, 0.29) is 5.75 Å². The normalized spacial score (nSPS) is 9.90. The fourth-order valence-corrected chi connectivity index (χ4v) is 1.58. The Kier molecular flexibility index (Phi) is 2.51. The van der Waals surface area contributed by atoms with Gasteiger partial charge in [0.05, 0.1) is 0 Å². The van der Waals surface area contributed by atoms with Gasteiger partial charge in [-0.05, 0) is 57.1 Å². The van der Waals surface area contributed by atoms with E-state index in [9.17, 15) is 0 Å². The Hall–Kier alpha value is 0.160. The SMILES string of the molecule is Cc1cc(O)c(I)nc1Br. The van der Waals surface area contributed by atoms with Crippen molar-refractivity contribution in [3.8, 4) is 5.75 Å². The lowest BCUT2D eigenvalue weighted by atomic mass is 10.3. The standard InChI is InChI=1S/C6H5BrINO/c1-3-2-4(10)6(8)9-5(3)7/h2,10H,1H3. The molecule has 4 heteroatoms. The summed E-state index contributed by atoms with van der Waals surface area (Å²) in [6, 6.07) is 1.68. The summed E-state index contributed by atoms with van der Waals surface area (Å²) in [7, 11) is 0. The molecule has 0 bridgehead atoms. The van der Waals surface area contributed by atoms with Gasteiger partial charge >= 0.3 is 0 Å². The van der Waals surface area contributed by atoms with Crippen molar-refractivity contribution in [2.75, 3.05) is 0 Å². The topological polar surface area (TPSA) is 33.1 Å². The van der Waals surface area contributed by atoms with Gasteiger partial charge < -0.3 is 5.11 Å². The molecule has 1 heterocycles. The Morgan fingerprint density at radius 2 is 2.30 bits per heavy atom. The number of hydrogen-bond acceptors (Lipinski definition) is 2. The summed E-state index contributed by atoms with van der Waals surface area (Å²) >= 11 is 5.23. The molecule has 0 unspecified atom stereocenters. The van der Waals surface area contributed by atoms with Crippen molar-refractivity contribution >= 4 is 38.5 Å². The minimum Gasteiger partial charge on any atom is -0.505 e. The third kappa shape index (κ3) is 1.60. The van der Waals surface area contributed by atoms with Gasteiger partial charge in [0, 0.05) is 0 Å². The maximum absolute atomic E-state index is 9.13. The van der Waals surface area contributed by atoms with Gasteiger partial charge in [0.1, 0.15) is 14.1 Å². The Labute approximate surface area is 80.9 Å². The summed E-state index contributed by atoms with van der Waals surface area (Å²) in [6.45, 7) is 1.88. The minimum absolute atomic E-state index is 0.237. The minimum atomic E-state index is 0.237. The van der Waals surface area contributed by atoms with Gasteiger partial charge in [0.15, 0.2) is 0 Å². The predicted molar refractivity (Wildman–Crippen MR) is 51.1 cm³/mol. The first-order chi connectivity index (χ1) is 4.61. The summed E-state index contributed by atoms with van der Waals surface area (Å²) in [5.41, 5.74) is 0.943. The molecule has 0 radical (unpaired) electrons. The van der Waals surface area contributed by atoms with Crippen molar-refractivity contribution in [3.63, 3.8) is 0 Å². The van der Waals surface area contributed by atoms with E-state index >= 15 is 0 Å². The molecule has 1 aromatic heterocycles. The molecule has 0 amide bonds. The number of halogens is 2. The molecule has 2 nitrogen and oxygen atoms in total. The van der Waals surface area contributed by atoms with E-state index in [1.165, 1.54) is 0 Å². The second kappa shape index (κ2) is 3.04.